The maximum atomic E-state index is 6.00. The van der Waals surface area contributed by atoms with Crippen LogP contribution in [0.2, 0.25) is 0 Å². The maximum absolute atomic E-state index is 6.00. The van der Waals surface area contributed by atoms with Crippen molar-refractivity contribution in [1.29, 1.82) is 0 Å². The zero-order valence-electron chi connectivity index (χ0n) is 11.0. The lowest BCUT2D eigenvalue weighted by atomic mass is 9.87. The monoisotopic (exact) mass is 243 g/mol. The van der Waals surface area contributed by atoms with Crippen molar-refractivity contribution in [1.82, 2.24) is 4.90 Å². The Morgan fingerprint density at radius 3 is 2.78 bits per heavy atom. The highest BCUT2D eigenvalue weighted by atomic mass is 15.3. The van der Waals surface area contributed by atoms with Gasteiger partial charge in [-0.15, -0.1) is 6.58 Å². The number of hydrogen-bond donors (Lipinski definition) is 1. The topological polar surface area (TPSA) is 41.6 Å². The van der Waals surface area contributed by atoms with Gasteiger partial charge in [-0.1, -0.05) is 43.3 Å². The lowest BCUT2D eigenvalue weighted by Crippen LogP contribution is -2.52. The summed E-state index contributed by atoms with van der Waals surface area (Å²) in [7, 11) is 0. The molecule has 96 valence electrons. The molecule has 0 aromatic heterocycles. The van der Waals surface area contributed by atoms with Crippen LogP contribution in [0.5, 0.6) is 0 Å². The van der Waals surface area contributed by atoms with Gasteiger partial charge in [-0.2, -0.15) is 0 Å². The summed E-state index contributed by atoms with van der Waals surface area (Å²) in [6, 6.07) is 10.5. The molecule has 2 N–H and O–H groups in total. The van der Waals surface area contributed by atoms with Crippen LogP contribution in [0, 0.1) is 0 Å². The number of benzene rings is 1. The second kappa shape index (κ2) is 5.25. The number of nitrogens with zero attached hydrogens (tertiary/aromatic N) is 2. The van der Waals surface area contributed by atoms with E-state index < -0.39 is 0 Å². The van der Waals surface area contributed by atoms with Crippen LogP contribution >= 0.6 is 0 Å². The van der Waals surface area contributed by atoms with E-state index in [0.29, 0.717) is 5.96 Å². The maximum Gasteiger partial charge on any atom is 0.192 e. The van der Waals surface area contributed by atoms with E-state index in [2.05, 4.69) is 47.7 Å². The summed E-state index contributed by atoms with van der Waals surface area (Å²) in [6.07, 6.45) is 3.89. The summed E-state index contributed by atoms with van der Waals surface area (Å²) < 4.78 is 0. The van der Waals surface area contributed by atoms with E-state index in [0.717, 1.165) is 25.9 Å². The zero-order chi connectivity index (χ0) is 13.0. The van der Waals surface area contributed by atoms with E-state index in [1.807, 2.05) is 12.1 Å². The molecule has 0 radical (unpaired) electrons. The highest BCUT2D eigenvalue weighted by Crippen LogP contribution is 2.29. The predicted octanol–water partition coefficient (Wildman–Crippen LogP) is 2.19. The van der Waals surface area contributed by atoms with Gasteiger partial charge in [0, 0.05) is 6.54 Å². The van der Waals surface area contributed by atoms with Crippen molar-refractivity contribution in [3.63, 3.8) is 0 Å². The molecule has 3 heteroatoms. The first-order valence-electron chi connectivity index (χ1n) is 6.44. The summed E-state index contributed by atoms with van der Waals surface area (Å²) in [6.45, 7) is 7.55. The molecule has 0 spiro atoms. The standard InChI is InChI=1S/C15H21N3/c1-3-10-18-14(16)17-12-15(18,4-2)11-13-8-6-5-7-9-13/h3,5-9H,1,4,10-12H2,2H3,(H2,16,17). The fraction of sp³-hybridized carbons (Fsp3) is 0.400. The highest BCUT2D eigenvalue weighted by molar-refractivity contribution is 5.81. The number of rotatable bonds is 5. The van der Waals surface area contributed by atoms with Crippen LogP contribution in [0.15, 0.2) is 48.0 Å². The Bertz CT molecular complexity index is 438. The van der Waals surface area contributed by atoms with Crippen LogP contribution in [0.25, 0.3) is 0 Å². The Balaban J connectivity index is 2.23. The SMILES string of the molecule is C=CCN1C(N)=NCC1(CC)Cc1ccccc1. The van der Waals surface area contributed by atoms with Gasteiger partial charge in [0.1, 0.15) is 0 Å². The summed E-state index contributed by atoms with van der Waals surface area (Å²) in [5, 5.41) is 0. The van der Waals surface area contributed by atoms with Crippen molar-refractivity contribution in [3.8, 4) is 0 Å². The molecule has 0 amide bonds. The first-order valence-corrected chi connectivity index (χ1v) is 6.44. The van der Waals surface area contributed by atoms with Gasteiger partial charge >= 0.3 is 0 Å². The quantitative estimate of drug-likeness (QED) is 0.805. The van der Waals surface area contributed by atoms with Gasteiger partial charge in [-0.25, -0.2) is 0 Å². The number of aliphatic imine (C=N–C) groups is 1. The molecule has 0 saturated heterocycles. The average Bonchev–Trinajstić information content (AvgIpc) is 2.70. The third kappa shape index (κ3) is 2.26. The lowest BCUT2D eigenvalue weighted by molar-refractivity contribution is 0.207. The van der Waals surface area contributed by atoms with E-state index in [1.54, 1.807) is 0 Å². The molecular weight excluding hydrogens is 222 g/mol. The fourth-order valence-electron chi connectivity index (χ4n) is 2.61. The van der Waals surface area contributed by atoms with E-state index >= 15 is 0 Å². The number of nitrogens with two attached hydrogens (primary N) is 1. The van der Waals surface area contributed by atoms with Crippen molar-refractivity contribution in [2.24, 2.45) is 10.7 Å². The van der Waals surface area contributed by atoms with Crippen LogP contribution in [0.1, 0.15) is 18.9 Å². The molecule has 0 bridgehead atoms. The normalized spacial score (nSPS) is 22.9. The molecule has 1 aromatic rings. The fourth-order valence-corrected chi connectivity index (χ4v) is 2.61. The van der Waals surface area contributed by atoms with Crippen molar-refractivity contribution >= 4 is 5.96 Å². The summed E-state index contributed by atoms with van der Waals surface area (Å²) in [5.74, 6) is 0.646. The third-order valence-corrected chi connectivity index (χ3v) is 3.73. The average molecular weight is 243 g/mol. The number of hydrogen-bond acceptors (Lipinski definition) is 3. The Kier molecular flexibility index (Phi) is 3.70. The first-order chi connectivity index (χ1) is 8.72. The van der Waals surface area contributed by atoms with E-state index in [1.165, 1.54) is 5.56 Å². The van der Waals surface area contributed by atoms with E-state index in [-0.39, 0.29) is 5.54 Å². The zero-order valence-corrected chi connectivity index (χ0v) is 11.0. The van der Waals surface area contributed by atoms with Crippen LogP contribution in [0.3, 0.4) is 0 Å². The highest BCUT2D eigenvalue weighted by Gasteiger charge is 2.39. The van der Waals surface area contributed by atoms with E-state index in [4.69, 9.17) is 5.73 Å². The lowest BCUT2D eigenvalue weighted by Gasteiger charge is -2.38. The smallest absolute Gasteiger partial charge is 0.192 e. The largest absolute Gasteiger partial charge is 0.370 e. The Morgan fingerprint density at radius 1 is 1.44 bits per heavy atom. The molecule has 1 atom stereocenters. The van der Waals surface area contributed by atoms with Gasteiger partial charge in [-0.3, -0.25) is 4.99 Å². The molecule has 18 heavy (non-hydrogen) atoms. The second-order valence-corrected chi connectivity index (χ2v) is 4.81. The third-order valence-electron chi connectivity index (χ3n) is 3.73. The van der Waals surface area contributed by atoms with Gasteiger partial charge in [0.05, 0.1) is 12.1 Å². The molecule has 1 aliphatic rings. The minimum atomic E-state index is 0.0135. The molecule has 3 nitrogen and oxygen atoms in total. The molecular formula is C15H21N3. The molecule has 1 unspecified atom stereocenters. The minimum Gasteiger partial charge on any atom is -0.370 e. The molecule has 0 saturated carbocycles. The summed E-state index contributed by atoms with van der Waals surface area (Å²) in [5.41, 5.74) is 7.34. The molecule has 1 aliphatic heterocycles. The summed E-state index contributed by atoms with van der Waals surface area (Å²) in [4.78, 5) is 6.62. The van der Waals surface area contributed by atoms with Gasteiger partial charge < -0.3 is 10.6 Å². The van der Waals surface area contributed by atoms with Crippen LogP contribution in [-0.2, 0) is 6.42 Å². The minimum absolute atomic E-state index is 0.0135. The molecule has 1 aromatic carbocycles. The van der Waals surface area contributed by atoms with Crippen LogP contribution in [-0.4, -0.2) is 29.5 Å². The molecule has 2 rings (SSSR count). The van der Waals surface area contributed by atoms with Crippen molar-refractivity contribution in [3.05, 3.63) is 48.6 Å². The van der Waals surface area contributed by atoms with Crippen molar-refractivity contribution in [2.75, 3.05) is 13.1 Å². The van der Waals surface area contributed by atoms with E-state index in [9.17, 15) is 0 Å². The predicted molar refractivity (Wildman–Crippen MR) is 76.6 cm³/mol. The number of guanidine groups is 1. The molecule has 0 fully saturated rings. The Labute approximate surface area is 109 Å². The Morgan fingerprint density at radius 2 is 2.17 bits per heavy atom. The van der Waals surface area contributed by atoms with Crippen LogP contribution in [0.4, 0.5) is 0 Å². The van der Waals surface area contributed by atoms with Crippen molar-refractivity contribution in [2.45, 2.75) is 25.3 Å². The van der Waals surface area contributed by atoms with Gasteiger partial charge in [-0.05, 0) is 18.4 Å². The van der Waals surface area contributed by atoms with Crippen molar-refractivity contribution < 1.29 is 0 Å². The Hall–Kier alpha value is -1.77. The van der Waals surface area contributed by atoms with Gasteiger partial charge in [0.25, 0.3) is 0 Å². The van der Waals surface area contributed by atoms with Gasteiger partial charge in [0.15, 0.2) is 5.96 Å². The molecule has 0 aliphatic carbocycles. The van der Waals surface area contributed by atoms with Crippen LogP contribution < -0.4 is 5.73 Å². The molecule has 1 heterocycles. The van der Waals surface area contributed by atoms with Gasteiger partial charge in [0.2, 0.25) is 0 Å². The summed E-state index contributed by atoms with van der Waals surface area (Å²) >= 11 is 0. The first kappa shape index (κ1) is 12.7. The second-order valence-electron chi connectivity index (χ2n) is 4.81.